The number of piperidine rings is 1. The molecule has 1 aromatic rings. The fourth-order valence-corrected chi connectivity index (χ4v) is 2.62. The van der Waals surface area contributed by atoms with Gasteiger partial charge in [-0.25, -0.2) is 0 Å². The van der Waals surface area contributed by atoms with E-state index in [4.69, 9.17) is 0 Å². The first-order valence-corrected chi connectivity index (χ1v) is 7.29. The van der Waals surface area contributed by atoms with Crippen LogP contribution in [0.3, 0.4) is 0 Å². The predicted octanol–water partition coefficient (Wildman–Crippen LogP) is 1.23. The average molecular weight is 277 g/mol. The summed E-state index contributed by atoms with van der Waals surface area (Å²) in [5.74, 6) is 0.353. The van der Waals surface area contributed by atoms with Crippen LogP contribution in [0.15, 0.2) is 23.1 Å². The van der Waals surface area contributed by atoms with Crippen LogP contribution < -0.4 is 10.9 Å². The number of carbonyl (C=O) groups is 1. The van der Waals surface area contributed by atoms with Crippen LogP contribution in [0.2, 0.25) is 0 Å². The normalized spacial score (nSPS) is 16.4. The van der Waals surface area contributed by atoms with Gasteiger partial charge in [-0.3, -0.25) is 9.59 Å². The van der Waals surface area contributed by atoms with Crippen LogP contribution in [-0.4, -0.2) is 41.5 Å². The highest BCUT2D eigenvalue weighted by Gasteiger charge is 2.25. The van der Waals surface area contributed by atoms with Crippen LogP contribution in [0.5, 0.6) is 0 Å². The lowest BCUT2D eigenvalue weighted by Crippen LogP contribution is -2.44. The van der Waals surface area contributed by atoms with E-state index in [1.807, 2.05) is 18.7 Å². The van der Waals surface area contributed by atoms with Crippen LogP contribution >= 0.6 is 0 Å². The van der Waals surface area contributed by atoms with Gasteiger partial charge in [-0.1, -0.05) is 0 Å². The Morgan fingerprint density at radius 2 is 2.10 bits per heavy atom. The van der Waals surface area contributed by atoms with E-state index in [1.165, 1.54) is 0 Å². The van der Waals surface area contributed by atoms with Gasteiger partial charge in [0.1, 0.15) is 5.56 Å². The van der Waals surface area contributed by atoms with E-state index in [9.17, 15) is 9.59 Å². The molecule has 0 atom stereocenters. The van der Waals surface area contributed by atoms with Crippen molar-refractivity contribution in [3.05, 3.63) is 34.2 Å². The predicted molar refractivity (Wildman–Crippen MR) is 78.8 cm³/mol. The minimum atomic E-state index is -0.312. The summed E-state index contributed by atoms with van der Waals surface area (Å²) >= 11 is 0. The Labute approximate surface area is 119 Å². The quantitative estimate of drug-likeness (QED) is 0.870. The number of pyridine rings is 1. The third kappa shape index (κ3) is 3.48. The summed E-state index contributed by atoms with van der Waals surface area (Å²) in [7, 11) is 0. The number of hydrogen-bond acceptors (Lipinski definition) is 3. The fourth-order valence-electron chi connectivity index (χ4n) is 2.62. The molecule has 0 spiro atoms. The molecule has 1 aromatic heterocycles. The third-order valence-electron chi connectivity index (χ3n) is 3.85. The number of amides is 1. The zero-order chi connectivity index (χ0) is 14.5. The highest BCUT2D eigenvalue weighted by Crippen LogP contribution is 2.16. The summed E-state index contributed by atoms with van der Waals surface area (Å²) in [5.41, 5.74) is -0.0800. The van der Waals surface area contributed by atoms with Gasteiger partial charge in [-0.15, -0.1) is 0 Å². The van der Waals surface area contributed by atoms with Gasteiger partial charge in [0.2, 0.25) is 0 Å². The monoisotopic (exact) mass is 277 g/mol. The molecule has 2 N–H and O–H groups in total. The molecule has 0 saturated carbocycles. The van der Waals surface area contributed by atoms with Crippen molar-refractivity contribution in [1.29, 1.82) is 0 Å². The summed E-state index contributed by atoms with van der Waals surface area (Å²) in [6.07, 6.45) is 3.72. The molecule has 1 fully saturated rings. The Balaban J connectivity index is 2.13. The zero-order valence-electron chi connectivity index (χ0n) is 12.2. The zero-order valence-corrected chi connectivity index (χ0v) is 12.2. The van der Waals surface area contributed by atoms with Crippen molar-refractivity contribution in [2.75, 3.05) is 19.6 Å². The van der Waals surface area contributed by atoms with Gasteiger partial charge in [0.25, 0.3) is 11.5 Å². The Hall–Kier alpha value is -1.62. The lowest BCUT2D eigenvalue weighted by atomic mass is 9.96. The van der Waals surface area contributed by atoms with E-state index in [2.05, 4.69) is 10.3 Å². The molecule has 1 aliphatic rings. The molecule has 5 nitrogen and oxygen atoms in total. The lowest BCUT2D eigenvalue weighted by Gasteiger charge is -2.32. The molecule has 5 heteroatoms. The molecule has 0 unspecified atom stereocenters. The molecule has 0 bridgehead atoms. The Morgan fingerprint density at radius 1 is 1.40 bits per heavy atom. The summed E-state index contributed by atoms with van der Waals surface area (Å²) in [4.78, 5) is 28.7. The van der Waals surface area contributed by atoms with Crippen LogP contribution in [0, 0.1) is 5.92 Å². The molecule has 110 valence electrons. The maximum atomic E-state index is 12.6. The molecular weight excluding hydrogens is 254 g/mol. The number of H-pyrrole nitrogens is 1. The lowest BCUT2D eigenvalue weighted by molar-refractivity contribution is 0.0656. The van der Waals surface area contributed by atoms with Crippen LogP contribution in [0.1, 0.15) is 37.0 Å². The maximum absolute atomic E-state index is 12.6. The SMILES string of the molecule is CC(C)N(CC1CCNCC1)C(=O)c1ccc[nH]c1=O. The minimum Gasteiger partial charge on any atom is -0.336 e. The second-order valence-corrected chi connectivity index (χ2v) is 5.66. The van der Waals surface area contributed by atoms with E-state index in [0.717, 1.165) is 32.5 Å². The largest absolute Gasteiger partial charge is 0.336 e. The molecule has 2 rings (SSSR count). The van der Waals surface area contributed by atoms with Gasteiger partial charge in [0.05, 0.1) is 0 Å². The molecule has 0 aliphatic carbocycles. The molecule has 1 aliphatic heterocycles. The second-order valence-electron chi connectivity index (χ2n) is 5.66. The number of aromatic nitrogens is 1. The molecule has 0 radical (unpaired) electrons. The third-order valence-corrected chi connectivity index (χ3v) is 3.85. The first kappa shape index (κ1) is 14.8. The van der Waals surface area contributed by atoms with Gasteiger partial charge in [0, 0.05) is 18.8 Å². The van der Waals surface area contributed by atoms with E-state index in [0.29, 0.717) is 5.92 Å². The van der Waals surface area contributed by atoms with E-state index >= 15 is 0 Å². The number of rotatable bonds is 4. The van der Waals surface area contributed by atoms with E-state index in [1.54, 1.807) is 18.3 Å². The van der Waals surface area contributed by atoms with Crippen LogP contribution in [0.4, 0.5) is 0 Å². The van der Waals surface area contributed by atoms with E-state index in [-0.39, 0.29) is 23.1 Å². The Bertz CT molecular complexity index is 504. The summed E-state index contributed by atoms with van der Waals surface area (Å²) in [5, 5.41) is 3.33. The summed E-state index contributed by atoms with van der Waals surface area (Å²) < 4.78 is 0. The Morgan fingerprint density at radius 3 is 2.70 bits per heavy atom. The summed E-state index contributed by atoms with van der Waals surface area (Å²) in [6, 6.07) is 3.38. The number of nitrogens with one attached hydrogen (secondary N) is 2. The van der Waals surface area contributed by atoms with Gasteiger partial charge >= 0.3 is 0 Å². The second kappa shape index (κ2) is 6.70. The first-order chi connectivity index (χ1) is 9.59. The van der Waals surface area contributed by atoms with Crippen molar-refractivity contribution in [2.24, 2.45) is 5.92 Å². The highest BCUT2D eigenvalue weighted by molar-refractivity contribution is 5.94. The van der Waals surface area contributed by atoms with E-state index < -0.39 is 0 Å². The number of aromatic amines is 1. The van der Waals surface area contributed by atoms with Crippen molar-refractivity contribution in [1.82, 2.24) is 15.2 Å². The minimum absolute atomic E-state index is 0.0944. The topological polar surface area (TPSA) is 65.2 Å². The first-order valence-electron chi connectivity index (χ1n) is 7.29. The molecular formula is C15H23N3O2. The van der Waals surface area contributed by atoms with Gasteiger partial charge < -0.3 is 15.2 Å². The molecule has 1 amide bonds. The standard InChI is InChI=1S/C15H23N3O2/c1-11(2)18(10-12-5-8-16-9-6-12)15(20)13-4-3-7-17-14(13)19/h3-4,7,11-12,16H,5-6,8-10H2,1-2H3,(H,17,19). The number of nitrogens with zero attached hydrogens (tertiary/aromatic N) is 1. The maximum Gasteiger partial charge on any atom is 0.260 e. The summed E-state index contributed by atoms with van der Waals surface area (Å²) in [6.45, 7) is 6.74. The Kier molecular flexibility index (Phi) is 4.95. The van der Waals surface area contributed by atoms with Gasteiger partial charge in [-0.05, 0) is 57.8 Å². The molecule has 20 heavy (non-hydrogen) atoms. The fraction of sp³-hybridized carbons (Fsp3) is 0.600. The van der Waals surface area contributed by atoms with Crippen molar-refractivity contribution >= 4 is 5.91 Å². The highest BCUT2D eigenvalue weighted by atomic mass is 16.2. The van der Waals surface area contributed by atoms with Crippen molar-refractivity contribution in [3.63, 3.8) is 0 Å². The number of hydrogen-bond donors (Lipinski definition) is 2. The van der Waals surface area contributed by atoms with Crippen molar-refractivity contribution in [3.8, 4) is 0 Å². The average Bonchev–Trinajstić information content (AvgIpc) is 2.45. The molecule has 2 heterocycles. The van der Waals surface area contributed by atoms with Gasteiger partial charge in [-0.2, -0.15) is 0 Å². The number of carbonyl (C=O) groups excluding carboxylic acids is 1. The molecule has 0 aromatic carbocycles. The van der Waals surface area contributed by atoms with Crippen LogP contribution in [-0.2, 0) is 0 Å². The van der Waals surface area contributed by atoms with Crippen molar-refractivity contribution in [2.45, 2.75) is 32.7 Å². The molecule has 1 saturated heterocycles. The van der Waals surface area contributed by atoms with Crippen molar-refractivity contribution < 1.29 is 4.79 Å². The van der Waals surface area contributed by atoms with Gasteiger partial charge in [0.15, 0.2) is 0 Å². The van der Waals surface area contributed by atoms with Crippen LogP contribution in [0.25, 0.3) is 0 Å². The smallest absolute Gasteiger partial charge is 0.260 e.